The highest BCUT2D eigenvalue weighted by molar-refractivity contribution is 8.18. The number of aromatic nitrogens is 1. The molecular weight excluding hydrogens is 466 g/mol. The van der Waals surface area contributed by atoms with Gasteiger partial charge in [-0.3, -0.25) is 14.5 Å². The van der Waals surface area contributed by atoms with Gasteiger partial charge in [0.2, 0.25) is 5.95 Å². The lowest BCUT2D eigenvalue weighted by Crippen LogP contribution is -2.27. The molecule has 2 heterocycles. The van der Waals surface area contributed by atoms with E-state index in [1.165, 1.54) is 18.2 Å². The van der Waals surface area contributed by atoms with Crippen molar-refractivity contribution in [1.82, 2.24) is 9.88 Å². The number of thioether (sulfide) groups is 1. The van der Waals surface area contributed by atoms with Crippen LogP contribution in [0.3, 0.4) is 0 Å². The van der Waals surface area contributed by atoms with Crippen LogP contribution >= 0.6 is 35.0 Å². The van der Waals surface area contributed by atoms with Gasteiger partial charge in [-0.2, -0.15) is 4.39 Å². The Morgan fingerprint density at radius 3 is 2.66 bits per heavy atom. The van der Waals surface area contributed by atoms with Crippen molar-refractivity contribution in [3.63, 3.8) is 0 Å². The first kappa shape index (κ1) is 21.6. The van der Waals surface area contributed by atoms with E-state index in [1.807, 2.05) is 0 Å². The summed E-state index contributed by atoms with van der Waals surface area (Å²) in [5.41, 5.74) is 0.0321. The quantitative estimate of drug-likeness (QED) is 0.527. The highest BCUT2D eigenvalue weighted by Crippen LogP contribution is 2.39. The van der Waals surface area contributed by atoms with Gasteiger partial charge in [-0.1, -0.05) is 35.3 Å². The zero-order chi connectivity index (χ0) is 21.5. The van der Waals surface area contributed by atoms with Crippen LogP contribution < -0.4 is 0 Å². The Labute approximate surface area is 179 Å². The van der Waals surface area contributed by atoms with Crippen molar-refractivity contribution in [2.24, 2.45) is 0 Å². The molecule has 0 saturated carbocycles. The summed E-state index contributed by atoms with van der Waals surface area (Å²) in [6.07, 6.45) is 2.04. The van der Waals surface area contributed by atoms with E-state index < -0.39 is 48.4 Å². The van der Waals surface area contributed by atoms with Gasteiger partial charge in [-0.05, 0) is 35.5 Å². The van der Waals surface area contributed by atoms with E-state index in [1.54, 1.807) is 6.07 Å². The lowest BCUT2D eigenvalue weighted by molar-refractivity contribution is -0.123. The monoisotopic (exact) mass is 476 g/mol. The van der Waals surface area contributed by atoms with Crippen LogP contribution in [0.4, 0.5) is 9.18 Å². The number of aromatic hydroxyl groups is 1. The first-order valence-electron chi connectivity index (χ1n) is 7.77. The Hall–Kier alpha value is -2.14. The van der Waals surface area contributed by atoms with E-state index in [0.29, 0.717) is 17.3 Å². The highest BCUT2D eigenvalue weighted by Gasteiger charge is 2.35. The molecule has 0 bridgehead atoms. The molecular formula is C17H11Cl2FN2O5S2. The fraction of sp³-hybridized carbons (Fsp3) is 0.118. The SMILES string of the molecule is CS(=O)(=O)c1cccc(CN2C(=O)S/C(=C\c3c(F)nc(Cl)c(O)c3Cl)C2=O)c1. The highest BCUT2D eigenvalue weighted by atomic mass is 35.5. The van der Waals surface area contributed by atoms with E-state index in [9.17, 15) is 27.5 Å². The molecule has 1 aliphatic heterocycles. The average Bonchev–Trinajstić information content (AvgIpc) is 2.90. The van der Waals surface area contributed by atoms with Crippen LogP contribution in [-0.4, -0.2) is 40.8 Å². The maximum Gasteiger partial charge on any atom is 0.293 e. The van der Waals surface area contributed by atoms with Crippen LogP contribution in [0, 0.1) is 5.95 Å². The average molecular weight is 477 g/mol. The third-order valence-electron chi connectivity index (χ3n) is 3.87. The molecule has 152 valence electrons. The number of nitrogens with zero attached hydrogens (tertiary/aromatic N) is 2. The van der Waals surface area contributed by atoms with Crippen molar-refractivity contribution in [1.29, 1.82) is 0 Å². The largest absolute Gasteiger partial charge is 0.504 e. The van der Waals surface area contributed by atoms with Crippen LogP contribution in [0.15, 0.2) is 34.1 Å². The first-order valence-corrected chi connectivity index (χ1v) is 11.2. The summed E-state index contributed by atoms with van der Waals surface area (Å²) in [7, 11) is -3.46. The van der Waals surface area contributed by atoms with E-state index in [4.69, 9.17) is 23.2 Å². The van der Waals surface area contributed by atoms with Crippen molar-refractivity contribution >= 4 is 62.0 Å². The second kappa shape index (κ2) is 7.94. The molecule has 1 aromatic carbocycles. The number of hydrogen-bond donors (Lipinski definition) is 1. The number of pyridine rings is 1. The zero-order valence-electron chi connectivity index (χ0n) is 14.5. The molecule has 12 heteroatoms. The van der Waals surface area contributed by atoms with Crippen molar-refractivity contribution in [3.05, 3.63) is 56.4 Å². The molecule has 3 rings (SSSR count). The van der Waals surface area contributed by atoms with Crippen LogP contribution in [-0.2, 0) is 21.2 Å². The summed E-state index contributed by atoms with van der Waals surface area (Å²) in [6.45, 7) is -0.175. The smallest absolute Gasteiger partial charge is 0.293 e. The second-order valence-corrected chi connectivity index (χ2v) is 9.70. The van der Waals surface area contributed by atoms with E-state index in [-0.39, 0.29) is 16.3 Å². The molecule has 7 nitrogen and oxygen atoms in total. The summed E-state index contributed by atoms with van der Waals surface area (Å²) in [5, 5.41) is 8.08. The van der Waals surface area contributed by atoms with Gasteiger partial charge in [0, 0.05) is 6.26 Å². The Morgan fingerprint density at radius 1 is 1.31 bits per heavy atom. The number of imide groups is 1. The minimum absolute atomic E-state index is 0.0501. The number of carbonyl (C=O) groups excluding carboxylic acids is 2. The van der Waals surface area contributed by atoms with Crippen molar-refractivity contribution in [3.8, 4) is 5.75 Å². The third-order valence-corrected chi connectivity index (χ3v) is 6.54. The summed E-state index contributed by atoms with van der Waals surface area (Å²) in [4.78, 5) is 28.9. The van der Waals surface area contributed by atoms with Gasteiger partial charge >= 0.3 is 0 Å². The molecule has 29 heavy (non-hydrogen) atoms. The molecule has 0 spiro atoms. The zero-order valence-corrected chi connectivity index (χ0v) is 17.7. The van der Waals surface area contributed by atoms with E-state index in [0.717, 1.165) is 17.2 Å². The lowest BCUT2D eigenvalue weighted by atomic mass is 10.2. The third kappa shape index (κ3) is 4.40. The number of amides is 2. The van der Waals surface area contributed by atoms with Crippen LogP contribution in [0.5, 0.6) is 5.75 Å². The summed E-state index contributed by atoms with van der Waals surface area (Å²) < 4.78 is 37.4. The summed E-state index contributed by atoms with van der Waals surface area (Å²) in [6, 6.07) is 5.83. The predicted octanol–water partition coefficient (Wildman–Crippen LogP) is 3.87. The van der Waals surface area contributed by atoms with Gasteiger partial charge in [0.15, 0.2) is 20.7 Å². The fourth-order valence-electron chi connectivity index (χ4n) is 2.46. The van der Waals surface area contributed by atoms with E-state index >= 15 is 0 Å². The molecule has 2 aromatic rings. The summed E-state index contributed by atoms with van der Waals surface area (Å²) in [5.74, 6) is -2.50. The van der Waals surface area contributed by atoms with Gasteiger partial charge in [0.1, 0.15) is 0 Å². The van der Waals surface area contributed by atoms with Crippen molar-refractivity contribution < 1.29 is 27.5 Å². The van der Waals surface area contributed by atoms with Crippen LogP contribution in [0.1, 0.15) is 11.1 Å². The molecule has 0 atom stereocenters. The molecule has 1 aromatic heterocycles. The topological polar surface area (TPSA) is 105 Å². The van der Waals surface area contributed by atoms with Gasteiger partial charge in [0.05, 0.1) is 26.9 Å². The number of benzene rings is 1. The number of halogens is 3. The number of carbonyl (C=O) groups is 2. The molecule has 1 fully saturated rings. The Morgan fingerprint density at radius 2 is 2.00 bits per heavy atom. The van der Waals surface area contributed by atoms with Gasteiger partial charge in [0.25, 0.3) is 11.1 Å². The molecule has 1 aliphatic rings. The molecule has 1 N–H and O–H groups in total. The molecule has 0 unspecified atom stereocenters. The molecule has 0 aliphatic carbocycles. The predicted molar refractivity (Wildman–Crippen MR) is 107 cm³/mol. The van der Waals surface area contributed by atoms with Crippen LogP contribution in [0.2, 0.25) is 10.2 Å². The Kier molecular flexibility index (Phi) is 5.91. The first-order chi connectivity index (χ1) is 13.5. The Bertz CT molecular complexity index is 1180. The summed E-state index contributed by atoms with van der Waals surface area (Å²) >= 11 is 11.9. The second-order valence-electron chi connectivity index (χ2n) is 5.96. The lowest BCUT2D eigenvalue weighted by Gasteiger charge is -2.13. The standard InChI is InChI=1S/C17H11Cl2FN2O5S2/c1-29(26,27)9-4-2-3-8(5-9)7-22-16(24)11(28-17(22)25)6-10-12(18)13(23)14(19)21-15(10)20/h2-6,23H,7H2,1H3/b11-6-. The normalized spacial score (nSPS) is 16.1. The molecule has 2 amide bonds. The maximum absolute atomic E-state index is 14.1. The maximum atomic E-state index is 14.1. The number of sulfone groups is 1. The minimum Gasteiger partial charge on any atom is -0.504 e. The minimum atomic E-state index is -3.46. The Balaban J connectivity index is 1.92. The van der Waals surface area contributed by atoms with Crippen molar-refractivity contribution in [2.75, 3.05) is 6.26 Å². The number of hydrogen-bond acceptors (Lipinski definition) is 7. The number of rotatable bonds is 4. The van der Waals surface area contributed by atoms with E-state index in [2.05, 4.69) is 4.98 Å². The molecule has 0 radical (unpaired) electrons. The van der Waals surface area contributed by atoms with Crippen molar-refractivity contribution in [2.45, 2.75) is 11.4 Å². The van der Waals surface area contributed by atoms with Gasteiger partial charge < -0.3 is 5.11 Å². The van der Waals surface area contributed by atoms with Crippen LogP contribution in [0.25, 0.3) is 6.08 Å². The molecule has 1 saturated heterocycles. The van der Waals surface area contributed by atoms with Gasteiger partial charge in [-0.15, -0.1) is 0 Å². The fourth-order valence-corrected chi connectivity index (χ4v) is 4.41. The van der Waals surface area contributed by atoms with Gasteiger partial charge in [-0.25, -0.2) is 13.4 Å².